The van der Waals surface area contributed by atoms with Gasteiger partial charge < -0.3 is 14.8 Å². The second-order valence-electron chi connectivity index (χ2n) is 7.31. The van der Waals surface area contributed by atoms with Gasteiger partial charge in [-0.05, 0) is 61.7 Å². The van der Waals surface area contributed by atoms with E-state index in [2.05, 4.69) is 16.3 Å². The van der Waals surface area contributed by atoms with Gasteiger partial charge in [-0.25, -0.2) is 0 Å². The van der Waals surface area contributed by atoms with Crippen molar-refractivity contribution >= 4 is 11.5 Å². The van der Waals surface area contributed by atoms with E-state index < -0.39 is 0 Å². The van der Waals surface area contributed by atoms with Crippen LogP contribution >= 0.6 is 0 Å². The normalized spacial score (nSPS) is 17.5. The van der Waals surface area contributed by atoms with Gasteiger partial charge in [-0.1, -0.05) is 36.4 Å². The van der Waals surface area contributed by atoms with Crippen molar-refractivity contribution in [3.63, 3.8) is 0 Å². The van der Waals surface area contributed by atoms with Gasteiger partial charge in [-0.3, -0.25) is 9.69 Å². The lowest BCUT2D eigenvalue weighted by Crippen LogP contribution is -2.36. The van der Waals surface area contributed by atoms with Crippen LogP contribution in [0.2, 0.25) is 0 Å². The van der Waals surface area contributed by atoms with Crippen LogP contribution in [0.4, 0.5) is 0 Å². The van der Waals surface area contributed by atoms with E-state index in [-0.39, 0.29) is 18.7 Å². The molecule has 5 nitrogen and oxygen atoms in total. The summed E-state index contributed by atoms with van der Waals surface area (Å²) in [6, 6.07) is 16.2. The third-order valence-electron chi connectivity index (χ3n) is 5.41. The highest BCUT2D eigenvalue weighted by Gasteiger charge is 2.25. The summed E-state index contributed by atoms with van der Waals surface area (Å²) in [5, 5.41) is 3.10. The van der Waals surface area contributed by atoms with E-state index in [0.717, 1.165) is 41.3 Å². The first-order valence-corrected chi connectivity index (χ1v) is 9.86. The summed E-state index contributed by atoms with van der Waals surface area (Å²) in [6.45, 7) is 4.90. The van der Waals surface area contributed by atoms with Gasteiger partial charge in [0.2, 0.25) is 12.7 Å². The molecule has 0 radical (unpaired) electrons. The van der Waals surface area contributed by atoms with Gasteiger partial charge >= 0.3 is 0 Å². The van der Waals surface area contributed by atoms with Crippen LogP contribution in [0, 0.1) is 0 Å². The van der Waals surface area contributed by atoms with E-state index in [0.29, 0.717) is 6.54 Å². The first kappa shape index (κ1) is 18.6. The van der Waals surface area contributed by atoms with Crippen LogP contribution in [0.3, 0.4) is 0 Å². The highest BCUT2D eigenvalue weighted by molar-refractivity contribution is 5.94. The Morgan fingerprint density at radius 2 is 1.86 bits per heavy atom. The van der Waals surface area contributed by atoms with E-state index in [1.807, 2.05) is 49.4 Å². The SMILES string of the molecule is C/C(=C\C(=O)NCC(c1ccc2c(c1)OCO2)N1CCCC1)c1ccccc1. The summed E-state index contributed by atoms with van der Waals surface area (Å²) in [4.78, 5) is 15.0. The molecule has 0 aliphatic carbocycles. The minimum atomic E-state index is -0.0636. The quantitative estimate of drug-likeness (QED) is 0.778. The second kappa shape index (κ2) is 8.48. The molecule has 0 bridgehead atoms. The number of nitrogens with one attached hydrogen (secondary N) is 1. The first-order valence-electron chi connectivity index (χ1n) is 9.86. The Balaban J connectivity index is 1.46. The van der Waals surface area contributed by atoms with Crippen LogP contribution in [0.5, 0.6) is 11.5 Å². The van der Waals surface area contributed by atoms with Crippen molar-refractivity contribution < 1.29 is 14.3 Å². The Bertz CT molecular complexity index is 857. The number of hydrogen-bond acceptors (Lipinski definition) is 4. The third kappa shape index (κ3) is 4.20. The van der Waals surface area contributed by atoms with Crippen LogP contribution < -0.4 is 14.8 Å². The van der Waals surface area contributed by atoms with E-state index in [9.17, 15) is 4.79 Å². The van der Waals surface area contributed by atoms with Crippen molar-refractivity contribution in [2.75, 3.05) is 26.4 Å². The molecule has 1 amide bonds. The van der Waals surface area contributed by atoms with Crippen LogP contribution in [-0.4, -0.2) is 37.2 Å². The number of amides is 1. The smallest absolute Gasteiger partial charge is 0.244 e. The van der Waals surface area contributed by atoms with Crippen LogP contribution in [0.15, 0.2) is 54.6 Å². The summed E-state index contributed by atoms with van der Waals surface area (Å²) in [5.41, 5.74) is 3.17. The van der Waals surface area contributed by atoms with Crippen LogP contribution in [-0.2, 0) is 4.79 Å². The molecule has 4 rings (SSSR count). The molecule has 146 valence electrons. The number of nitrogens with zero attached hydrogens (tertiary/aromatic N) is 1. The topological polar surface area (TPSA) is 50.8 Å². The van der Waals surface area contributed by atoms with Gasteiger partial charge in [-0.2, -0.15) is 0 Å². The second-order valence-corrected chi connectivity index (χ2v) is 7.31. The lowest BCUT2D eigenvalue weighted by Gasteiger charge is -2.28. The number of hydrogen-bond donors (Lipinski definition) is 1. The van der Waals surface area contributed by atoms with Crippen molar-refractivity contribution in [1.82, 2.24) is 10.2 Å². The van der Waals surface area contributed by atoms with E-state index in [1.165, 1.54) is 12.8 Å². The van der Waals surface area contributed by atoms with Crippen LogP contribution in [0.1, 0.15) is 36.9 Å². The maximum atomic E-state index is 12.5. The van der Waals surface area contributed by atoms with Gasteiger partial charge in [0, 0.05) is 12.6 Å². The number of rotatable bonds is 6. The number of benzene rings is 2. The number of ether oxygens (including phenoxy) is 2. The lowest BCUT2D eigenvalue weighted by atomic mass is 10.0. The molecule has 1 fully saturated rings. The zero-order valence-corrected chi connectivity index (χ0v) is 16.2. The summed E-state index contributed by atoms with van der Waals surface area (Å²) in [6.07, 6.45) is 4.07. The van der Waals surface area contributed by atoms with Gasteiger partial charge in [0.25, 0.3) is 0 Å². The van der Waals surface area contributed by atoms with Gasteiger partial charge in [0.05, 0.1) is 6.04 Å². The molecule has 5 heteroatoms. The molecule has 1 atom stereocenters. The molecular formula is C23H26N2O3. The molecule has 2 aliphatic rings. The van der Waals surface area contributed by atoms with E-state index in [1.54, 1.807) is 6.08 Å². The molecule has 1 unspecified atom stereocenters. The third-order valence-corrected chi connectivity index (χ3v) is 5.41. The standard InChI is InChI=1S/C23H26N2O3/c1-17(18-7-3-2-4-8-18)13-23(26)24-15-20(25-11-5-6-12-25)19-9-10-21-22(14-19)28-16-27-21/h2-4,7-10,13-14,20H,5-6,11-12,15-16H2,1H3,(H,24,26)/b17-13+. The number of fused-ring (bicyclic) bond motifs is 1. The minimum Gasteiger partial charge on any atom is -0.454 e. The molecule has 0 saturated carbocycles. The molecule has 0 aromatic heterocycles. The molecule has 2 aromatic carbocycles. The van der Waals surface area contributed by atoms with Crippen LogP contribution in [0.25, 0.3) is 5.57 Å². The fraction of sp³-hybridized carbons (Fsp3) is 0.348. The maximum Gasteiger partial charge on any atom is 0.244 e. The number of carbonyl (C=O) groups excluding carboxylic acids is 1. The molecule has 1 saturated heterocycles. The number of likely N-dealkylation sites (tertiary alicyclic amines) is 1. The Labute approximate surface area is 165 Å². The summed E-state index contributed by atoms with van der Waals surface area (Å²) in [7, 11) is 0. The molecule has 2 aliphatic heterocycles. The number of carbonyl (C=O) groups is 1. The maximum absolute atomic E-state index is 12.5. The molecular weight excluding hydrogens is 352 g/mol. The number of allylic oxidation sites excluding steroid dienone is 1. The predicted octanol–water partition coefficient (Wildman–Crippen LogP) is 3.77. The van der Waals surface area contributed by atoms with Gasteiger partial charge in [0.15, 0.2) is 11.5 Å². The Morgan fingerprint density at radius 1 is 1.11 bits per heavy atom. The molecule has 1 N–H and O–H groups in total. The van der Waals surface area contributed by atoms with Crippen molar-refractivity contribution in [2.45, 2.75) is 25.8 Å². The van der Waals surface area contributed by atoms with Crippen molar-refractivity contribution in [3.8, 4) is 11.5 Å². The Morgan fingerprint density at radius 3 is 2.64 bits per heavy atom. The van der Waals surface area contributed by atoms with E-state index in [4.69, 9.17) is 9.47 Å². The first-order chi connectivity index (χ1) is 13.7. The predicted molar refractivity (Wildman–Crippen MR) is 109 cm³/mol. The molecule has 2 aromatic rings. The molecule has 0 spiro atoms. The van der Waals surface area contributed by atoms with Crippen molar-refractivity contribution in [3.05, 3.63) is 65.7 Å². The van der Waals surface area contributed by atoms with E-state index >= 15 is 0 Å². The lowest BCUT2D eigenvalue weighted by molar-refractivity contribution is -0.116. The highest BCUT2D eigenvalue weighted by Crippen LogP contribution is 2.36. The summed E-state index contributed by atoms with van der Waals surface area (Å²) >= 11 is 0. The molecule has 28 heavy (non-hydrogen) atoms. The van der Waals surface area contributed by atoms with Crippen molar-refractivity contribution in [2.24, 2.45) is 0 Å². The zero-order chi connectivity index (χ0) is 19.3. The van der Waals surface area contributed by atoms with Gasteiger partial charge in [-0.15, -0.1) is 0 Å². The Hall–Kier alpha value is -2.79. The summed E-state index contributed by atoms with van der Waals surface area (Å²) < 4.78 is 11.0. The Kier molecular flexibility index (Phi) is 5.63. The van der Waals surface area contributed by atoms with Gasteiger partial charge in [0.1, 0.15) is 0 Å². The fourth-order valence-electron chi connectivity index (χ4n) is 3.86. The highest BCUT2D eigenvalue weighted by atomic mass is 16.7. The average molecular weight is 378 g/mol. The molecule has 2 heterocycles. The largest absolute Gasteiger partial charge is 0.454 e. The monoisotopic (exact) mass is 378 g/mol. The van der Waals surface area contributed by atoms with Crippen molar-refractivity contribution in [1.29, 1.82) is 0 Å². The minimum absolute atomic E-state index is 0.0636. The zero-order valence-electron chi connectivity index (χ0n) is 16.2. The fourth-order valence-corrected chi connectivity index (χ4v) is 3.86. The summed E-state index contributed by atoms with van der Waals surface area (Å²) in [5.74, 6) is 1.51. The average Bonchev–Trinajstić information content (AvgIpc) is 3.40.